The summed E-state index contributed by atoms with van der Waals surface area (Å²) in [5, 5.41) is 2.12. The first-order valence-corrected chi connectivity index (χ1v) is 8.34. The van der Waals surface area contributed by atoms with Crippen LogP contribution in [0.3, 0.4) is 0 Å². The fourth-order valence-electron chi connectivity index (χ4n) is 2.08. The zero-order valence-electron chi connectivity index (χ0n) is 11.5. The maximum atomic E-state index is 5.66. The van der Waals surface area contributed by atoms with E-state index in [0.29, 0.717) is 4.99 Å². The average Bonchev–Trinajstić information content (AvgIpc) is 2.77. The highest BCUT2D eigenvalue weighted by Gasteiger charge is 2.07. The number of thiocarbonyl (C=S) groups is 1. The van der Waals surface area contributed by atoms with E-state index in [2.05, 4.69) is 58.4 Å². The molecule has 0 atom stereocenters. The summed E-state index contributed by atoms with van der Waals surface area (Å²) in [6.45, 7) is 3.97. The molecule has 20 heavy (non-hydrogen) atoms. The maximum Gasteiger partial charge on any atom is 0.103 e. The smallest absolute Gasteiger partial charge is 0.103 e. The molecule has 0 bridgehead atoms. The van der Waals surface area contributed by atoms with Gasteiger partial charge in [-0.3, -0.25) is 4.90 Å². The van der Waals surface area contributed by atoms with Crippen molar-refractivity contribution in [3.8, 4) is 0 Å². The average molecular weight is 369 g/mol. The zero-order chi connectivity index (χ0) is 14.7. The molecule has 0 radical (unpaired) electrons. The van der Waals surface area contributed by atoms with Crippen molar-refractivity contribution in [1.82, 2.24) is 4.90 Å². The number of hydrogen-bond acceptors (Lipinski definition) is 3. The first-order chi connectivity index (χ1) is 9.45. The lowest BCUT2D eigenvalue weighted by atomic mass is 10.0. The van der Waals surface area contributed by atoms with Crippen LogP contribution in [0.5, 0.6) is 0 Å². The molecule has 2 rings (SSSR count). The normalized spacial score (nSPS) is 11.0. The number of halogens is 1. The molecule has 0 saturated heterocycles. The van der Waals surface area contributed by atoms with Crippen molar-refractivity contribution in [1.29, 1.82) is 0 Å². The molecule has 106 valence electrons. The number of thiophene rings is 1. The Kier molecular flexibility index (Phi) is 5.32. The standard InChI is InChI=1S/C15H17BrN2S2/c1-10-5-11(15(17)19)3-4-12(10)7-18(2)8-14-6-13(16)9-20-14/h3-6,9H,7-8H2,1-2H3,(H2,17,19). The molecule has 1 heterocycles. The number of nitrogens with two attached hydrogens (primary N) is 1. The maximum absolute atomic E-state index is 5.66. The Morgan fingerprint density at radius 1 is 1.35 bits per heavy atom. The van der Waals surface area contributed by atoms with Gasteiger partial charge < -0.3 is 5.73 Å². The van der Waals surface area contributed by atoms with E-state index >= 15 is 0 Å². The summed E-state index contributed by atoms with van der Waals surface area (Å²) in [4.78, 5) is 4.12. The van der Waals surface area contributed by atoms with Gasteiger partial charge in [0.1, 0.15) is 4.99 Å². The highest BCUT2D eigenvalue weighted by atomic mass is 79.9. The van der Waals surface area contributed by atoms with Crippen molar-refractivity contribution in [2.24, 2.45) is 5.73 Å². The minimum atomic E-state index is 0.455. The zero-order valence-corrected chi connectivity index (χ0v) is 14.7. The van der Waals surface area contributed by atoms with Crippen LogP contribution in [0.1, 0.15) is 21.6 Å². The van der Waals surface area contributed by atoms with Crippen LogP contribution in [0, 0.1) is 6.92 Å². The number of nitrogens with zero attached hydrogens (tertiary/aromatic N) is 1. The van der Waals surface area contributed by atoms with Gasteiger partial charge in [-0.05, 0) is 53.2 Å². The van der Waals surface area contributed by atoms with Gasteiger partial charge in [0.15, 0.2) is 0 Å². The molecule has 2 N–H and O–H groups in total. The predicted molar refractivity (Wildman–Crippen MR) is 94.3 cm³/mol. The minimum Gasteiger partial charge on any atom is -0.389 e. The van der Waals surface area contributed by atoms with Gasteiger partial charge in [0.25, 0.3) is 0 Å². The first kappa shape index (κ1) is 15.6. The summed E-state index contributed by atoms with van der Waals surface area (Å²) in [7, 11) is 2.13. The summed E-state index contributed by atoms with van der Waals surface area (Å²) in [5.74, 6) is 0. The van der Waals surface area contributed by atoms with E-state index in [-0.39, 0.29) is 0 Å². The Labute approximate surface area is 137 Å². The van der Waals surface area contributed by atoms with Crippen molar-refractivity contribution in [2.75, 3.05) is 7.05 Å². The van der Waals surface area contributed by atoms with Crippen LogP contribution < -0.4 is 5.73 Å². The van der Waals surface area contributed by atoms with E-state index in [1.165, 1.54) is 16.0 Å². The molecular formula is C15H17BrN2S2. The van der Waals surface area contributed by atoms with Crippen molar-refractivity contribution in [2.45, 2.75) is 20.0 Å². The number of rotatable bonds is 5. The van der Waals surface area contributed by atoms with Gasteiger partial charge in [0, 0.05) is 33.4 Å². The Bertz CT molecular complexity index is 622. The lowest BCUT2D eigenvalue weighted by Gasteiger charge is -2.17. The van der Waals surface area contributed by atoms with E-state index < -0.39 is 0 Å². The van der Waals surface area contributed by atoms with E-state index in [0.717, 1.165) is 23.1 Å². The van der Waals surface area contributed by atoms with Crippen LogP contribution in [0.25, 0.3) is 0 Å². The monoisotopic (exact) mass is 368 g/mol. The molecule has 2 nitrogen and oxygen atoms in total. The van der Waals surface area contributed by atoms with Gasteiger partial charge in [-0.15, -0.1) is 11.3 Å². The lowest BCUT2D eigenvalue weighted by Crippen LogP contribution is -2.17. The third-order valence-corrected chi connectivity index (χ3v) is 5.03. The van der Waals surface area contributed by atoms with Crippen molar-refractivity contribution in [3.05, 3.63) is 55.7 Å². The summed E-state index contributed by atoms with van der Waals surface area (Å²) < 4.78 is 1.16. The topological polar surface area (TPSA) is 29.3 Å². The Balaban J connectivity index is 2.04. The SMILES string of the molecule is Cc1cc(C(N)=S)ccc1CN(C)Cc1cc(Br)cs1. The van der Waals surface area contributed by atoms with Crippen LogP contribution in [-0.4, -0.2) is 16.9 Å². The molecule has 0 saturated carbocycles. The van der Waals surface area contributed by atoms with Crippen molar-refractivity contribution in [3.63, 3.8) is 0 Å². The van der Waals surface area contributed by atoms with Gasteiger partial charge in [-0.1, -0.05) is 24.4 Å². The molecule has 1 aromatic heterocycles. The first-order valence-electron chi connectivity index (χ1n) is 6.26. The van der Waals surface area contributed by atoms with E-state index in [1.54, 1.807) is 11.3 Å². The van der Waals surface area contributed by atoms with Gasteiger partial charge in [-0.2, -0.15) is 0 Å². The van der Waals surface area contributed by atoms with Crippen LogP contribution in [0.15, 0.2) is 34.1 Å². The van der Waals surface area contributed by atoms with Gasteiger partial charge in [0.05, 0.1) is 0 Å². The molecule has 5 heteroatoms. The van der Waals surface area contributed by atoms with Crippen LogP contribution in [0.4, 0.5) is 0 Å². The van der Waals surface area contributed by atoms with Crippen LogP contribution >= 0.6 is 39.5 Å². The second kappa shape index (κ2) is 6.80. The molecule has 0 amide bonds. The molecule has 0 aliphatic heterocycles. The van der Waals surface area contributed by atoms with E-state index in [4.69, 9.17) is 18.0 Å². The fourth-order valence-corrected chi connectivity index (χ4v) is 3.73. The third-order valence-electron chi connectivity index (χ3n) is 3.11. The number of benzene rings is 1. The van der Waals surface area contributed by atoms with E-state index in [1.807, 2.05) is 6.07 Å². The molecule has 1 aromatic carbocycles. The molecule has 0 fully saturated rings. The third kappa shape index (κ3) is 4.12. The van der Waals surface area contributed by atoms with Crippen molar-refractivity contribution >= 4 is 44.5 Å². The van der Waals surface area contributed by atoms with Crippen LogP contribution in [-0.2, 0) is 13.1 Å². The molecule has 0 aliphatic rings. The summed E-state index contributed by atoms with van der Waals surface area (Å²) in [6.07, 6.45) is 0. The van der Waals surface area contributed by atoms with E-state index in [9.17, 15) is 0 Å². The summed E-state index contributed by atoms with van der Waals surface area (Å²) in [5.41, 5.74) is 9.13. The highest BCUT2D eigenvalue weighted by molar-refractivity contribution is 9.10. The second-order valence-corrected chi connectivity index (χ2v) is 7.26. The predicted octanol–water partition coefficient (Wildman–Crippen LogP) is 4.09. The molecule has 0 aliphatic carbocycles. The largest absolute Gasteiger partial charge is 0.389 e. The lowest BCUT2D eigenvalue weighted by molar-refractivity contribution is 0.321. The second-order valence-electron chi connectivity index (χ2n) is 4.91. The van der Waals surface area contributed by atoms with Gasteiger partial charge >= 0.3 is 0 Å². The molecular weight excluding hydrogens is 352 g/mol. The minimum absolute atomic E-state index is 0.455. The summed E-state index contributed by atoms with van der Waals surface area (Å²) >= 11 is 10.3. The number of hydrogen-bond donors (Lipinski definition) is 1. The molecule has 0 unspecified atom stereocenters. The van der Waals surface area contributed by atoms with Crippen LogP contribution in [0.2, 0.25) is 0 Å². The van der Waals surface area contributed by atoms with Gasteiger partial charge in [-0.25, -0.2) is 0 Å². The molecule has 0 spiro atoms. The fraction of sp³-hybridized carbons (Fsp3) is 0.267. The highest BCUT2D eigenvalue weighted by Crippen LogP contribution is 2.22. The Morgan fingerprint density at radius 2 is 2.10 bits per heavy atom. The number of aryl methyl sites for hydroxylation is 1. The Hall–Kier alpha value is -0.750. The summed E-state index contributed by atoms with van der Waals surface area (Å²) in [6, 6.07) is 8.35. The van der Waals surface area contributed by atoms with Crippen molar-refractivity contribution < 1.29 is 0 Å². The quantitative estimate of drug-likeness (QED) is 0.805. The molecule has 2 aromatic rings. The Morgan fingerprint density at radius 3 is 2.65 bits per heavy atom. The van der Waals surface area contributed by atoms with Gasteiger partial charge in [0.2, 0.25) is 0 Å².